The highest BCUT2D eigenvalue weighted by Crippen LogP contribution is 2.35. The van der Waals surface area contributed by atoms with Gasteiger partial charge in [-0.1, -0.05) is 13.8 Å². The number of nitrogens with one attached hydrogen (secondary N) is 1. The van der Waals surface area contributed by atoms with E-state index in [1.165, 1.54) is 25.7 Å². The number of anilines is 2. The number of aromatic nitrogens is 1. The van der Waals surface area contributed by atoms with Gasteiger partial charge in [0.05, 0.1) is 11.9 Å². The van der Waals surface area contributed by atoms with E-state index < -0.39 is 0 Å². The summed E-state index contributed by atoms with van der Waals surface area (Å²) in [6.07, 6.45) is 6.79. The van der Waals surface area contributed by atoms with Gasteiger partial charge in [-0.25, -0.2) is 4.98 Å². The highest BCUT2D eigenvalue weighted by Gasteiger charge is 2.26. The Hall–Kier alpha value is -1.25. The summed E-state index contributed by atoms with van der Waals surface area (Å²) in [6, 6.07) is 2.60. The van der Waals surface area contributed by atoms with Gasteiger partial charge >= 0.3 is 0 Å². The predicted octanol–water partition coefficient (Wildman–Crippen LogP) is 3.35. The van der Waals surface area contributed by atoms with E-state index in [9.17, 15) is 0 Å². The molecule has 0 atom stereocenters. The fourth-order valence-corrected chi connectivity index (χ4v) is 2.40. The van der Waals surface area contributed by atoms with Crippen LogP contribution < -0.4 is 11.1 Å². The van der Waals surface area contributed by atoms with Crippen LogP contribution in [-0.4, -0.2) is 11.0 Å². The quantitative estimate of drug-likeness (QED) is 0.823. The van der Waals surface area contributed by atoms with Crippen LogP contribution in [0.25, 0.3) is 0 Å². The summed E-state index contributed by atoms with van der Waals surface area (Å²) in [7, 11) is 0. The summed E-state index contributed by atoms with van der Waals surface area (Å²) in [5.41, 5.74) is 8.14. The maximum Gasteiger partial charge on any atom is 0.126 e. The molecule has 0 aliphatic heterocycles. The third kappa shape index (κ3) is 3.11. The van der Waals surface area contributed by atoms with Gasteiger partial charge in [0.1, 0.15) is 5.82 Å². The molecule has 0 unspecified atom stereocenters. The van der Waals surface area contributed by atoms with Crippen LogP contribution in [0.2, 0.25) is 0 Å². The van der Waals surface area contributed by atoms with Crippen molar-refractivity contribution in [1.82, 2.24) is 4.98 Å². The number of nitrogens with zero attached hydrogens (tertiary/aromatic N) is 1. The first kappa shape index (κ1) is 12.2. The molecule has 0 radical (unpaired) electrons. The van der Waals surface area contributed by atoms with E-state index >= 15 is 0 Å². The lowest BCUT2D eigenvalue weighted by molar-refractivity contribution is 0.232. The van der Waals surface area contributed by atoms with E-state index in [1.54, 1.807) is 6.20 Å². The van der Waals surface area contributed by atoms with E-state index in [4.69, 9.17) is 5.73 Å². The molecular formula is C14H23N3. The topological polar surface area (TPSA) is 50.9 Å². The van der Waals surface area contributed by atoms with Gasteiger partial charge in [0.2, 0.25) is 0 Å². The lowest BCUT2D eigenvalue weighted by Gasteiger charge is -2.34. The molecule has 0 amide bonds. The normalized spacial score (nSPS) is 20.2. The third-order valence-corrected chi connectivity index (χ3v) is 3.84. The molecule has 17 heavy (non-hydrogen) atoms. The van der Waals surface area contributed by atoms with Gasteiger partial charge in [-0.05, 0) is 49.7 Å². The van der Waals surface area contributed by atoms with Crippen LogP contribution in [-0.2, 0) is 0 Å². The van der Waals surface area contributed by atoms with E-state index in [0.29, 0.717) is 11.5 Å². The highest BCUT2D eigenvalue weighted by atomic mass is 15.0. The average Bonchev–Trinajstić information content (AvgIpc) is 2.27. The van der Waals surface area contributed by atoms with E-state index in [-0.39, 0.29) is 0 Å². The summed E-state index contributed by atoms with van der Waals surface area (Å²) in [5, 5.41) is 3.52. The van der Waals surface area contributed by atoms with E-state index in [2.05, 4.69) is 24.1 Å². The molecule has 3 N–H and O–H groups in total. The molecule has 0 bridgehead atoms. The minimum atomic E-state index is 0.517. The van der Waals surface area contributed by atoms with Crippen LogP contribution in [0.5, 0.6) is 0 Å². The van der Waals surface area contributed by atoms with Crippen LogP contribution in [0, 0.1) is 12.3 Å². The first-order valence-corrected chi connectivity index (χ1v) is 6.45. The van der Waals surface area contributed by atoms with Gasteiger partial charge in [0.25, 0.3) is 0 Å². The minimum Gasteiger partial charge on any atom is -0.397 e. The fourth-order valence-electron chi connectivity index (χ4n) is 2.40. The standard InChI is InChI=1S/C14H23N3/c1-10-8-13(16-9-12(10)15)17-11-4-6-14(2,3)7-5-11/h8-9,11H,4-7,15H2,1-3H3,(H,16,17). The van der Waals surface area contributed by atoms with Crippen LogP contribution in [0.4, 0.5) is 11.5 Å². The number of nitrogens with two attached hydrogens (primary N) is 1. The molecule has 2 rings (SSSR count). The van der Waals surface area contributed by atoms with Crippen molar-refractivity contribution in [3.63, 3.8) is 0 Å². The Kier molecular flexibility index (Phi) is 3.27. The molecule has 3 nitrogen and oxygen atoms in total. The lowest BCUT2D eigenvalue weighted by atomic mass is 9.75. The molecule has 0 spiro atoms. The number of hydrogen-bond donors (Lipinski definition) is 2. The van der Waals surface area contributed by atoms with Gasteiger partial charge < -0.3 is 11.1 Å². The van der Waals surface area contributed by atoms with Crippen LogP contribution in [0.15, 0.2) is 12.3 Å². The number of hydrogen-bond acceptors (Lipinski definition) is 3. The summed E-state index contributed by atoms with van der Waals surface area (Å²) in [6.45, 7) is 6.73. The van der Waals surface area contributed by atoms with Crippen molar-refractivity contribution in [2.45, 2.75) is 52.5 Å². The second kappa shape index (κ2) is 4.55. The number of aryl methyl sites for hydroxylation is 1. The molecule has 0 saturated heterocycles. The molecule has 94 valence electrons. The van der Waals surface area contributed by atoms with Crippen molar-refractivity contribution < 1.29 is 0 Å². The van der Waals surface area contributed by atoms with Gasteiger partial charge in [0.15, 0.2) is 0 Å². The first-order chi connectivity index (χ1) is 7.96. The maximum atomic E-state index is 5.77. The maximum absolute atomic E-state index is 5.77. The van der Waals surface area contributed by atoms with Crippen molar-refractivity contribution in [2.75, 3.05) is 11.1 Å². The van der Waals surface area contributed by atoms with Crippen LogP contribution in [0.1, 0.15) is 45.1 Å². The number of pyridine rings is 1. The zero-order valence-corrected chi connectivity index (χ0v) is 11.1. The Morgan fingerprint density at radius 1 is 1.35 bits per heavy atom. The average molecular weight is 233 g/mol. The molecule has 0 aromatic carbocycles. The molecule has 1 heterocycles. The van der Waals surface area contributed by atoms with Crippen molar-refractivity contribution in [3.05, 3.63) is 17.8 Å². The molecule has 1 aliphatic carbocycles. The van der Waals surface area contributed by atoms with E-state index in [1.807, 2.05) is 13.0 Å². The number of nitrogen functional groups attached to an aromatic ring is 1. The zero-order valence-electron chi connectivity index (χ0n) is 11.1. The Balaban J connectivity index is 1.95. The molecular weight excluding hydrogens is 210 g/mol. The molecule has 1 aromatic rings. The summed E-state index contributed by atoms with van der Waals surface area (Å²) >= 11 is 0. The fraction of sp³-hybridized carbons (Fsp3) is 0.643. The van der Waals surface area contributed by atoms with Gasteiger partial charge in [0, 0.05) is 6.04 Å². The van der Waals surface area contributed by atoms with Crippen molar-refractivity contribution in [2.24, 2.45) is 5.41 Å². The monoisotopic (exact) mass is 233 g/mol. The molecule has 1 saturated carbocycles. The third-order valence-electron chi connectivity index (χ3n) is 3.84. The van der Waals surface area contributed by atoms with Crippen molar-refractivity contribution >= 4 is 11.5 Å². The molecule has 1 aromatic heterocycles. The first-order valence-electron chi connectivity index (χ1n) is 6.45. The zero-order chi connectivity index (χ0) is 12.5. The van der Waals surface area contributed by atoms with Crippen LogP contribution in [0.3, 0.4) is 0 Å². The van der Waals surface area contributed by atoms with Crippen molar-refractivity contribution in [3.8, 4) is 0 Å². The largest absolute Gasteiger partial charge is 0.397 e. The van der Waals surface area contributed by atoms with Crippen molar-refractivity contribution in [1.29, 1.82) is 0 Å². The lowest BCUT2D eigenvalue weighted by Crippen LogP contribution is -2.30. The van der Waals surface area contributed by atoms with Gasteiger partial charge in [-0.3, -0.25) is 0 Å². The Bertz CT molecular complexity index is 388. The number of rotatable bonds is 2. The van der Waals surface area contributed by atoms with Gasteiger partial charge in [-0.15, -0.1) is 0 Å². The SMILES string of the molecule is Cc1cc(NC2CCC(C)(C)CC2)ncc1N. The molecule has 1 aliphatic rings. The minimum absolute atomic E-state index is 0.517. The summed E-state index contributed by atoms with van der Waals surface area (Å²) < 4.78 is 0. The summed E-state index contributed by atoms with van der Waals surface area (Å²) in [5.74, 6) is 0.960. The van der Waals surface area contributed by atoms with Crippen LogP contribution >= 0.6 is 0 Å². The second-order valence-electron chi connectivity index (χ2n) is 6.01. The second-order valence-corrected chi connectivity index (χ2v) is 6.01. The van der Waals surface area contributed by atoms with E-state index in [0.717, 1.165) is 17.1 Å². The Labute approximate surface area is 104 Å². The predicted molar refractivity (Wildman–Crippen MR) is 73.0 cm³/mol. The molecule has 1 fully saturated rings. The van der Waals surface area contributed by atoms with Gasteiger partial charge in [-0.2, -0.15) is 0 Å². The smallest absolute Gasteiger partial charge is 0.126 e. The molecule has 3 heteroatoms. The summed E-state index contributed by atoms with van der Waals surface area (Å²) in [4.78, 5) is 4.33. The highest BCUT2D eigenvalue weighted by molar-refractivity contribution is 5.51. The Morgan fingerprint density at radius 2 is 2.00 bits per heavy atom. The Morgan fingerprint density at radius 3 is 2.59 bits per heavy atom.